The van der Waals surface area contributed by atoms with Gasteiger partial charge in [0.05, 0.1) is 4.99 Å². The zero-order chi connectivity index (χ0) is 14.0. The molecule has 1 aromatic rings. The average molecular weight is 280 g/mol. The van der Waals surface area contributed by atoms with Crippen LogP contribution in [0.5, 0.6) is 11.5 Å². The molecule has 1 aliphatic rings. The van der Waals surface area contributed by atoms with Gasteiger partial charge in [-0.25, -0.2) is 0 Å². The zero-order valence-electron chi connectivity index (χ0n) is 10.4. The molecule has 19 heavy (non-hydrogen) atoms. The summed E-state index contributed by atoms with van der Waals surface area (Å²) >= 11 is 4.97. The van der Waals surface area contributed by atoms with E-state index in [1.807, 2.05) is 0 Å². The number of hydrogen-bond donors (Lipinski definition) is 3. The summed E-state index contributed by atoms with van der Waals surface area (Å²) in [5, 5.41) is 18.8. The van der Waals surface area contributed by atoms with E-state index in [0.29, 0.717) is 18.1 Å². The normalized spacial score (nSPS) is 19.2. The Balaban J connectivity index is 2.16. The molecule has 0 aromatic heterocycles. The van der Waals surface area contributed by atoms with Crippen LogP contribution in [0.3, 0.4) is 0 Å². The number of likely N-dealkylation sites (tertiary alicyclic amines) is 1. The number of phenols is 2. The third kappa shape index (κ3) is 3.14. The summed E-state index contributed by atoms with van der Waals surface area (Å²) in [6.07, 6.45) is 1.74. The first kappa shape index (κ1) is 13.6. The number of carbonyl (C=O) groups is 1. The number of benzene rings is 1. The minimum Gasteiger partial charge on any atom is -0.508 e. The maximum Gasteiger partial charge on any atom is 0.254 e. The van der Waals surface area contributed by atoms with Crippen LogP contribution in [-0.2, 0) is 0 Å². The number of phenolic OH excluding ortho intramolecular Hbond substituents is 2. The van der Waals surface area contributed by atoms with Crippen molar-refractivity contribution < 1.29 is 15.0 Å². The maximum atomic E-state index is 12.3. The molecule has 4 N–H and O–H groups in total. The minimum absolute atomic E-state index is 0.0404. The number of nitrogens with two attached hydrogens (primary N) is 1. The van der Waals surface area contributed by atoms with Gasteiger partial charge in [0.25, 0.3) is 5.91 Å². The second kappa shape index (κ2) is 5.44. The molecule has 1 aliphatic heterocycles. The number of aromatic hydroxyl groups is 2. The van der Waals surface area contributed by atoms with Crippen molar-refractivity contribution in [1.82, 2.24) is 4.90 Å². The second-order valence-electron chi connectivity index (χ2n) is 4.73. The van der Waals surface area contributed by atoms with E-state index >= 15 is 0 Å². The highest BCUT2D eigenvalue weighted by atomic mass is 32.1. The Kier molecular flexibility index (Phi) is 3.90. The first-order valence-corrected chi connectivity index (χ1v) is 6.50. The van der Waals surface area contributed by atoms with Crippen molar-refractivity contribution in [2.45, 2.75) is 12.8 Å². The van der Waals surface area contributed by atoms with E-state index in [2.05, 4.69) is 0 Å². The van der Waals surface area contributed by atoms with Gasteiger partial charge in [0.15, 0.2) is 0 Å². The summed E-state index contributed by atoms with van der Waals surface area (Å²) in [6.45, 7) is 1.12. The SMILES string of the molecule is NC(=S)C1CCCN(C(=O)c2cc(O)cc(O)c2)C1. The molecule has 0 spiro atoms. The molecule has 2 rings (SSSR count). The first-order chi connectivity index (χ1) is 8.97. The molecule has 1 saturated heterocycles. The van der Waals surface area contributed by atoms with Crippen LogP contribution in [0.1, 0.15) is 23.2 Å². The molecule has 0 aliphatic carbocycles. The minimum atomic E-state index is -0.229. The van der Waals surface area contributed by atoms with Crippen LogP contribution >= 0.6 is 12.2 Å². The van der Waals surface area contributed by atoms with Crippen LogP contribution in [0.2, 0.25) is 0 Å². The van der Waals surface area contributed by atoms with Crippen LogP contribution in [0.25, 0.3) is 0 Å². The van der Waals surface area contributed by atoms with Crippen molar-refractivity contribution >= 4 is 23.1 Å². The molecule has 0 bridgehead atoms. The van der Waals surface area contributed by atoms with E-state index in [1.54, 1.807) is 4.90 Å². The largest absolute Gasteiger partial charge is 0.508 e. The fraction of sp³-hybridized carbons (Fsp3) is 0.385. The monoisotopic (exact) mass is 280 g/mol. The van der Waals surface area contributed by atoms with Gasteiger partial charge >= 0.3 is 0 Å². The molecule has 1 unspecified atom stereocenters. The van der Waals surface area contributed by atoms with E-state index < -0.39 is 0 Å². The molecule has 1 amide bonds. The van der Waals surface area contributed by atoms with Crippen molar-refractivity contribution in [2.75, 3.05) is 13.1 Å². The summed E-state index contributed by atoms with van der Waals surface area (Å²) < 4.78 is 0. The number of hydrogen-bond acceptors (Lipinski definition) is 4. The van der Waals surface area contributed by atoms with Crippen molar-refractivity contribution in [1.29, 1.82) is 0 Å². The van der Waals surface area contributed by atoms with Crippen LogP contribution in [0.4, 0.5) is 0 Å². The van der Waals surface area contributed by atoms with Crippen molar-refractivity contribution in [3.05, 3.63) is 23.8 Å². The van der Waals surface area contributed by atoms with Gasteiger partial charge in [-0.05, 0) is 25.0 Å². The highest BCUT2D eigenvalue weighted by Gasteiger charge is 2.26. The molecular weight excluding hydrogens is 264 g/mol. The lowest BCUT2D eigenvalue weighted by Gasteiger charge is -2.32. The molecule has 1 fully saturated rings. The number of carbonyl (C=O) groups excluding carboxylic acids is 1. The molecule has 1 heterocycles. The molecule has 1 atom stereocenters. The summed E-state index contributed by atoms with van der Waals surface area (Å²) in [5.41, 5.74) is 5.89. The number of rotatable bonds is 2. The first-order valence-electron chi connectivity index (χ1n) is 6.09. The Morgan fingerprint density at radius 2 is 1.95 bits per heavy atom. The van der Waals surface area contributed by atoms with Crippen LogP contribution in [0, 0.1) is 5.92 Å². The van der Waals surface area contributed by atoms with Crippen molar-refractivity contribution in [3.63, 3.8) is 0 Å². The highest BCUT2D eigenvalue weighted by Crippen LogP contribution is 2.24. The van der Waals surface area contributed by atoms with Gasteiger partial charge in [0.2, 0.25) is 0 Å². The lowest BCUT2D eigenvalue weighted by Crippen LogP contribution is -2.43. The van der Waals surface area contributed by atoms with Gasteiger partial charge in [-0.1, -0.05) is 12.2 Å². The molecule has 6 heteroatoms. The molecule has 0 radical (unpaired) electrons. The Morgan fingerprint density at radius 1 is 1.32 bits per heavy atom. The number of amides is 1. The molecule has 102 valence electrons. The number of piperidine rings is 1. The Morgan fingerprint density at radius 3 is 2.53 bits per heavy atom. The van der Waals surface area contributed by atoms with E-state index in [0.717, 1.165) is 12.8 Å². The lowest BCUT2D eigenvalue weighted by atomic mass is 9.97. The standard InChI is InChI=1S/C13H16N2O3S/c14-12(19)8-2-1-3-15(7-8)13(18)9-4-10(16)6-11(17)5-9/h4-6,8,16-17H,1-3,7H2,(H2,14,19). The maximum absolute atomic E-state index is 12.3. The van der Waals surface area contributed by atoms with Crippen molar-refractivity contribution in [2.24, 2.45) is 11.7 Å². The van der Waals surface area contributed by atoms with Gasteiger partial charge in [0, 0.05) is 30.6 Å². The Labute approximate surface area is 116 Å². The van der Waals surface area contributed by atoms with Gasteiger partial charge in [-0.2, -0.15) is 0 Å². The Bertz CT molecular complexity index is 498. The van der Waals surface area contributed by atoms with Crippen LogP contribution < -0.4 is 5.73 Å². The quantitative estimate of drug-likeness (QED) is 0.709. The average Bonchev–Trinajstić information content (AvgIpc) is 2.37. The van der Waals surface area contributed by atoms with Gasteiger partial charge < -0.3 is 20.8 Å². The highest BCUT2D eigenvalue weighted by molar-refractivity contribution is 7.80. The summed E-state index contributed by atoms with van der Waals surface area (Å²) in [6, 6.07) is 3.86. The topological polar surface area (TPSA) is 86.8 Å². The molecule has 5 nitrogen and oxygen atoms in total. The van der Waals surface area contributed by atoms with Crippen LogP contribution in [-0.4, -0.2) is 39.1 Å². The smallest absolute Gasteiger partial charge is 0.254 e. The summed E-state index contributed by atoms with van der Waals surface area (Å²) in [5.74, 6) is -0.455. The zero-order valence-corrected chi connectivity index (χ0v) is 11.2. The van der Waals surface area contributed by atoms with Crippen LogP contribution in [0.15, 0.2) is 18.2 Å². The molecule has 1 aromatic carbocycles. The van der Waals surface area contributed by atoms with E-state index in [1.165, 1.54) is 18.2 Å². The van der Waals surface area contributed by atoms with Gasteiger partial charge in [-0.3, -0.25) is 4.79 Å². The third-order valence-corrected chi connectivity index (χ3v) is 3.59. The van der Waals surface area contributed by atoms with E-state index in [9.17, 15) is 15.0 Å². The summed E-state index contributed by atoms with van der Waals surface area (Å²) in [4.78, 5) is 14.4. The fourth-order valence-corrected chi connectivity index (χ4v) is 2.49. The van der Waals surface area contributed by atoms with Gasteiger partial charge in [0.1, 0.15) is 11.5 Å². The number of thiocarbonyl (C=S) groups is 1. The lowest BCUT2D eigenvalue weighted by molar-refractivity contribution is 0.0702. The second-order valence-corrected chi connectivity index (χ2v) is 5.20. The predicted octanol–water partition coefficient (Wildman–Crippen LogP) is 1.24. The Hall–Kier alpha value is -1.82. The number of nitrogens with zero attached hydrogens (tertiary/aromatic N) is 1. The fourth-order valence-electron chi connectivity index (χ4n) is 2.30. The van der Waals surface area contributed by atoms with E-state index in [-0.39, 0.29) is 28.9 Å². The van der Waals surface area contributed by atoms with E-state index in [4.69, 9.17) is 18.0 Å². The summed E-state index contributed by atoms with van der Waals surface area (Å²) in [7, 11) is 0. The van der Waals surface area contributed by atoms with Gasteiger partial charge in [-0.15, -0.1) is 0 Å². The third-order valence-electron chi connectivity index (χ3n) is 3.26. The van der Waals surface area contributed by atoms with Crippen molar-refractivity contribution in [3.8, 4) is 11.5 Å². The predicted molar refractivity (Wildman–Crippen MR) is 75.2 cm³/mol. The molecular formula is C13H16N2O3S. The molecule has 0 saturated carbocycles.